The van der Waals surface area contributed by atoms with Crippen LogP contribution in [-0.4, -0.2) is 16.0 Å². The molecule has 0 spiro atoms. The summed E-state index contributed by atoms with van der Waals surface area (Å²) in [5.74, 6) is -0.0476. The van der Waals surface area contributed by atoms with Crippen molar-refractivity contribution in [2.24, 2.45) is 10.9 Å². The second-order valence-corrected chi connectivity index (χ2v) is 4.36. The van der Waals surface area contributed by atoms with Gasteiger partial charge in [-0.05, 0) is 18.2 Å². The molecule has 0 atom stereocenters. The average Bonchev–Trinajstić information content (AvgIpc) is 2.32. The molecule has 6 heteroatoms. The first-order valence-electron chi connectivity index (χ1n) is 4.35. The number of hydrogen-bond acceptors (Lipinski definition) is 3. The molecule has 0 aliphatic carbocycles. The largest absolute Gasteiger partial charge is 0.409 e. The number of halogens is 2. The molecule has 0 saturated carbocycles. The Morgan fingerprint density at radius 2 is 2.19 bits per heavy atom. The first-order valence-corrected chi connectivity index (χ1v) is 5.53. The van der Waals surface area contributed by atoms with E-state index in [4.69, 9.17) is 22.5 Å². The molecule has 1 heterocycles. The first kappa shape index (κ1) is 11.2. The summed E-state index contributed by atoms with van der Waals surface area (Å²) in [5.41, 5.74) is 5.95. The molecule has 2 rings (SSSR count). The van der Waals surface area contributed by atoms with Gasteiger partial charge in [0.25, 0.3) is 0 Å². The quantitative estimate of drug-likeness (QED) is 0.368. The molecule has 82 valence electrons. The van der Waals surface area contributed by atoms with Crippen LogP contribution in [0.25, 0.3) is 10.8 Å². The monoisotopic (exact) mass is 299 g/mol. The van der Waals surface area contributed by atoms with E-state index >= 15 is 0 Å². The zero-order chi connectivity index (χ0) is 11.7. The summed E-state index contributed by atoms with van der Waals surface area (Å²) in [6.07, 6.45) is 1.56. The van der Waals surface area contributed by atoms with Crippen LogP contribution in [0, 0.1) is 0 Å². The number of amidine groups is 1. The second-order valence-electron chi connectivity index (χ2n) is 3.10. The highest BCUT2D eigenvalue weighted by molar-refractivity contribution is 9.10. The third-order valence-electron chi connectivity index (χ3n) is 2.17. The van der Waals surface area contributed by atoms with E-state index in [2.05, 4.69) is 26.1 Å². The van der Waals surface area contributed by atoms with Gasteiger partial charge in [-0.3, -0.25) is 4.98 Å². The molecule has 0 fully saturated rings. The lowest BCUT2D eigenvalue weighted by molar-refractivity contribution is 0.318. The molecule has 3 N–H and O–H groups in total. The zero-order valence-corrected chi connectivity index (χ0v) is 10.3. The zero-order valence-electron chi connectivity index (χ0n) is 7.98. The minimum atomic E-state index is -0.0476. The number of hydrogen-bond donors (Lipinski definition) is 2. The van der Waals surface area contributed by atoms with E-state index in [9.17, 15) is 0 Å². The Labute approximate surface area is 105 Å². The van der Waals surface area contributed by atoms with Gasteiger partial charge in [-0.2, -0.15) is 0 Å². The molecule has 1 aromatic carbocycles. The number of benzene rings is 1. The summed E-state index contributed by atoms with van der Waals surface area (Å²) < 4.78 is 0.793. The average molecular weight is 301 g/mol. The predicted octanol–water partition coefficient (Wildman–Crippen LogP) is 2.75. The van der Waals surface area contributed by atoms with Gasteiger partial charge < -0.3 is 10.9 Å². The second kappa shape index (κ2) is 4.27. The van der Waals surface area contributed by atoms with E-state index in [1.54, 1.807) is 24.4 Å². The van der Waals surface area contributed by atoms with E-state index in [-0.39, 0.29) is 5.84 Å². The van der Waals surface area contributed by atoms with Crippen LogP contribution in [-0.2, 0) is 0 Å². The highest BCUT2D eigenvalue weighted by atomic mass is 79.9. The third kappa shape index (κ3) is 1.72. The molecule has 4 nitrogen and oxygen atoms in total. The lowest BCUT2D eigenvalue weighted by Gasteiger charge is -2.07. The molecule has 0 aliphatic rings. The molecule has 0 unspecified atom stereocenters. The molecule has 0 radical (unpaired) electrons. The van der Waals surface area contributed by atoms with Crippen LogP contribution in [0.1, 0.15) is 5.69 Å². The van der Waals surface area contributed by atoms with Crippen molar-refractivity contribution < 1.29 is 5.21 Å². The summed E-state index contributed by atoms with van der Waals surface area (Å²) >= 11 is 9.45. The van der Waals surface area contributed by atoms with Crippen molar-refractivity contribution in [2.75, 3.05) is 0 Å². The summed E-state index contributed by atoms with van der Waals surface area (Å²) in [7, 11) is 0. The van der Waals surface area contributed by atoms with Gasteiger partial charge in [0.15, 0.2) is 5.84 Å². The van der Waals surface area contributed by atoms with E-state index in [0.29, 0.717) is 10.7 Å². The maximum Gasteiger partial charge on any atom is 0.189 e. The van der Waals surface area contributed by atoms with Gasteiger partial charge in [-0.15, -0.1) is 0 Å². The van der Waals surface area contributed by atoms with Gasteiger partial charge in [0.2, 0.25) is 0 Å². The van der Waals surface area contributed by atoms with Crippen LogP contribution in [0.3, 0.4) is 0 Å². The summed E-state index contributed by atoms with van der Waals surface area (Å²) in [6.45, 7) is 0. The third-order valence-corrected chi connectivity index (χ3v) is 3.16. The van der Waals surface area contributed by atoms with Crippen molar-refractivity contribution in [2.45, 2.75) is 0 Å². The fourth-order valence-corrected chi connectivity index (χ4v) is 2.22. The number of nitrogens with zero attached hydrogens (tertiary/aromatic N) is 2. The topological polar surface area (TPSA) is 71.5 Å². The molecule has 16 heavy (non-hydrogen) atoms. The normalized spacial score (nSPS) is 12.0. The highest BCUT2D eigenvalue weighted by Gasteiger charge is 2.11. The Morgan fingerprint density at radius 3 is 2.88 bits per heavy atom. The Balaban J connectivity index is 2.92. The molecule has 0 aliphatic heterocycles. The number of pyridine rings is 1. The van der Waals surface area contributed by atoms with Crippen LogP contribution in [0.15, 0.2) is 34.0 Å². The number of rotatable bonds is 1. The molecule has 0 saturated heterocycles. The van der Waals surface area contributed by atoms with E-state index in [0.717, 1.165) is 15.2 Å². The smallest absolute Gasteiger partial charge is 0.189 e. The Bertz CT molecular complexity index is 586. The Kier molecular flexibility index (Phi) is 2.98. The minimum absolute atomic E-state index is 0.0476. The van der Waals surface area contributed by atoms with Crippen LogP contribution in [0.2, 0.25) is 5.02 Å². The van der Waals surface area contributed by atoms with E-state index in [1.807, 2.05) is 0 Å². The van der Waals surface area contributed by atoms with Crippen LogP contribution in [0.4, 0.5) is 0 Å². The van der Waals surface area contributed by atoms with Crippen molar-refractivity contribution >= 4 is 44.1 Å². The first-order chi connectivity index (χ1) is 7.65. The molecule has 1 aromatic heterocycles. The van der Waals surface area contributed by atoms with Crippen LogP contribution >= 0.6 is 27.5 Å². The van der Waals surface area contributed by atoms with Crippen molar-refractivity contribution in [1.29, 1.82) is 0 Å². The van der Waals surface area contributed by atoms with Gasteiger partial charge in [-0.25, -0.2) is 0 Å². The van der Waals surface area contributed by atoms with E-state index in [1.165, 1.54) is 0 Å². The minimum Gasteiger partial charge on any atom is -0.409 e. The van der Waals surface area contributed by atoms with Crippen molar-refractivity contribution in [1.82, 2.24) is 4.98 Å². The van der Waals surface area contributed by atoms with Gasteiger partial charge >= 0.3 is 0 Å². The van der Waals surface area contributed by atoms with Gasteiger partial charge in [0, 0.05) is 26.5 Å². The lowest BCUT2D eigenvalue weighted by Crippen LogP contribution is -2.15. The number of nitrogens with two attached hydrogens (primary N) is 1. The van der Waals surface area contributed by atoms with Gasteiger partial charge in [0.1, 0.15) is 5.69 Å². The molecular formula is C10H7BrClN3O. The summed E-state index contributed by atoms with van der Waals surface area (Å²) in [5, 5.41) is 13.7. The maximum atomic E-state index is 8.68. The highest BCUT2D eigenvalue weighted by Crippen LogP contribution is 2.31. The molecule has 2 aromatic rings. The predicted molar refractivity (Wildman–Crippen MR) is 67.0 cm³/mol. The van der Waals surface area contributed by atoms with Crippen molar-refractivity contribution in [3.63, 3.8) is 0 Å². The van der Waals surface area contributed by atoms with Crippen molar-refractivity contribution in [3.05, 3.63) is 39.6 Å². The SMILES string of the molecule is N/C(=N/O)c1nccc2c(Cl)ccc(Br)c12. The van der Waals surface area contributed by atoms with Crippen LogP contribution in [0.5, 0.6) is 0 Å². The molecule has 0 amide bonds. The van der Waals surface area contributed by atoms with Crippen LogP contribution < -0.4 is 5.73 Å². The lowest BCUT2D eigenvalue weighted by atomic mass is 10.1. The van der Waals surface area contributed by atoms with Gasteiger partial charge in [0.05, 0.1) is 0 Å². The Hall–Kier alpha value is -1.33. The number of oxime groups is 1. The fourth-order valence-electron chi connectivity index (χ4n) is 1.46. The van der Waals surface area contributed by atoms with E-state index < -0.39 is 0 Å². The standard InChI is InChI=1S/C10H7BrClN3O/c11-6-1-2-7(12)5-3-4-14-9(8(5)6)10(13)15-16/h1-4,16H,(H2,13,15). The maximum absolute atomic E-state index is 8.68. The molecular weight excluding hydrogens is 293 g/mol. The Morgan fingerprint density at radius 1 is 1.44 bits per heavy atom. The van der Waals surface area contributed by atoms with Crippen molar-refractivity contribution in [3.8, 4) is 0 Å². The number of fused-ring (bicyclic) bond motifs is 1. The molecule has 0 bridgehead atoms. The summed E-state index contributed by atoms with van der Waals surface area (Å²) in [6, 6.07) is 5.33. The number of aromatic nitrogens is 1. The fraction of sp³-hybridized carbons (Fsp3) is 0. The van der Waals surface area contributed by atoms with Gasteiger partial charge in [-0.1, -0.05) is 32.7 Å². The summed E-state index contributed by atoms with van der Waals surface area (Å²) in [4.78, 5) is 4.08.